The molecule has 0 amide bonds. The number of carbonyl (C=O) groups is 3. The molecule has 2 N–H and O–H groups in total. The number of halogens is 1. The van der Waals surface area contributed by atoms with Gasteiger partial charge in [-0.25, -0.2) is 0 Å². The maximum absolute atomic E-state index is 14.2. The first kappa shape index (κ1) is 29.8. The summed E-state index contributed by atoms with van der Waals surface area (Å²) in [5.41, 5.74) is 0.142. The van der Waals surface area contributed by atoms with Crippen LogP contribution in [0.15, 0.2) is 11.6 Å². The minimum atomic E-state index is -0.711. The molecule has 5 nitrogen and oxygen atoms in total. The van der Waals surface area contributed by atoms with Gasteiger partial charge in [0.05, 0.1) is 11.5 Å². The van der Waals surface area contributed by atoms with Crippen LogP contribution in [0.2, 0.25) is 0 Å². The molecule has 0 unspecified atom stereocenters. The lowest BCUT2D eigenvalue weighted by atomic mass is 9.33. The van der Waals surface area contributed by atoms with Gasteiger partial charge in [0.15, 0.2) is 5.78 Å². The van der Waals surface area contributed by atoms with Crippen molar-refractivity contribution in [3.05, 3.63) is 11.6 Å². The molecule has 5 aliphatic carbocycles. The number of hydrogen-bond donors (Lipinski definition) is 2. The zero-order valence-electron chi connectivity index (χ0n) is 24.7. The molecule has 0 saturated heterocycles. The second kappa shape index (κ2) is 9.16. The molecule has 5 rings (SSSR count). The van der Waals surface area contributed by atoms with E-state index in [1.807, 2.05) is 13.0 Å². The Kier molecular flexibility index (Phi) is 7.18. The monoisotopic (exact) mass is 548 g/mol. The highest BCUT2D eigenvalue weighted by Gasteiger charge is 2.70. The van der Waals surface area contributed by atoms with Crippen LogP contribution in [-0.4, -0.2) is 33.3 Å². The highest BCUT2D eigenvalue weighted by atomic mass is 35.5. The number of carboxylic acids is 1. The van der Waals surface area contributed by atoms with Gasteiger partial charge in [0, 0.05) is 12.8 Å². The highest BCUT2D eigenvalue weighted by Crippen LogP contribution is 2.75. The Morgan fingerprint density at radius 3 is 2.08 bits per heavy atom. The van der Waals surface area contributed by atoms with Crippen LogP contribution in [0.1, 0.15) is 113 Å². The lowest BCUT2D eigenvalue weighted by Gasteiger charge is -2.70. The first-order chi connectivity index (χ1) is 17.3. The van der Waals surface area contributed by atoms with Crippen molar-refractivity contribution in [2.75, 3.05) is 0 Å². The molecule has 0 aliphatic heterocycles. The van der Waals surface area contributed by atoms with Gasteiger partial charge in [-0.3, -0.25) is 14.4 Å². The van der Waals surface area contributed by atoms with E-state index in [-0.39, 0.29) is 56.0 Å². The Balaban J connectivity index is 0.000000786. The van der Waals surface area contributed by atoms with Crippen molar-refractivity contribution in [1.29, 1.82) is 0 Å². The van der Waals surface area contributed by atoms with Gasteiger partial charge in [-0.05, 0) is 121 Å². The Hall–Kier alpha value is -1.20. The fraction of sp³-hybridized carbons (Fsp3) is 0.844. The van der Waals surface area contributed by atoms with Crippen LogP contribution >= 0.6 is 11.6 Å². The predicted octanol–water partition coefficient (Wildman–Crippen LogP) is 7.18. The summed E-state index contributed by atoms with van der Waals surface area (Å²) in [5, 5.41) is 20.5. The molecule has 0 radical (unpaired) electrons. The molecule has 5 aliphatic rings. The number of hydrogen-bond acceptors (Lipinski definition) is 4. The lowest BCUT2D eigenvalue weighted by molar-refractivity contribution is -0.202. The van der Waals surface area contributed by atoms with Crippen molar-refractivity contribution >= 4 is 28.6 Å². The molecule has 4 fully saturated rings. The number of carboxylic acid groups (broad SMARTS) is 1. The summed E-state index contributed by atoms with van der Waals surface area (Å²) in [7, 11) is 0. The van der Waals surface area contributed by atoms with Crippen molar-refractivity contribution in [2.24, 2.45) is 50.2 Å². The van der Waals surface area contributed by atoms with E-state index in [2.05, 4.69) is 53.1 Å². The number of rotatable bonds is 1. The van der Waals surface area contributed by atoms with Gasteiger partial charge in [-0.15, -0.1) is 0 Å². The number of carbonyl (C=O) groups excluding carboxylic acids is 2. The summed E-state index contributed by atoms with van der Waals surface area (Å²) in [4.78, 5) is 35.6. The molecule has 4 saturated carbocycles. The van der Waals surface area contributed by atoms with E-state index in [1.165, 1.54) is 12.5 Å². The number of allylic oxidation sites excluding steroid dienone is 2. The van der Waals surface area contributed by atoms with Crippen molar-refractivity contribution in [2.45, 2.75) is 119 Å². The average Bonchev–Trinajstić information content (AvgIpc) is 2.78. The Morgan fingerprint density at radius 2 is 1.50 bits per heavy atom. The minimum Gasteiger partial charge on any atom is -0.481 e. The Labute approximate surface area is 234 Å². The summed E-state index contributed by atoms with van der Waals surface area (Å²) < 4.78 is 0. The third-order valence-corrected chi connectivity index (χ3v) is 13.1. The molecule has 0 aromatic carbocycles. The van der Waals surface area contributed by atoms with E-state index in [0.29, 0.717) is 12.3 Å². The smallest absolute Gasteiger partial charge is 0.309 e. The molecule has 6 heteroatoms. The molecule has 214 valence electrons. The van der Waals surface area contributed by atoms with Gasteiger partial charge in [0.2, 0.25) is 5.24 Å². The zero-order chi connectivity index (χ0) is 28.7. The second-order valence-electron chi connectivity index (χ2n) is 15.4. The number of ketones is 1. The van der Waals surface area contributed by atoms with E-state index < -0.39 is 11.4 Å². The van der Waals surface area contributed by atoms with Crippen LogP contribution < -0.4 is 0 Å². The van der Waals surface area contributed by atoms with E-state index in [0.717, 1.165) is 51.4 Å². The Morgan fingerprint density at radius 1 is 0.921 bits per heavy atom. The number of aliphatic hydroxyl groups is 1. The zero-order valence-corrected chi connectivity index (χ0v) is 25.5. The largest absolute Gasteiger partial charge is 0.481 e. The summed E-state index contributed by atoms with van der Waals surface area (Å²) >= 11 is 4.64. The Bertz CT molecular complexity index is 1060. The summed E-state index contributed by atoms with van der Waals surface area (Å²) in [6, 6.07) is 0. The first-order valence-electron chi connectivity index (χ1n) is 14.6. The second-order valence-corrected chi connectivity index (χ2v) is 15.9. The number of aliphatic carboxylic acids is 1. The summed E-state index contributed by atoms with van der Waals surface area (Å²) in [6.07, 6.45) is 9.95. The lowest BCUT2D eigenvalue weighted by Crippen LogP contribution is -2.66. The molecule has 0 aromatic heterocycles. The van der Waals surface area contributed by atoms with Gasteiger partial charge in [-0.2, -0.15) is 0 Å². The third kappa shape index (κ3) is 4.07. The van der Waals surface area contributed by atoms with Gasteiger partial charge in [0.25, 0.3) is 0 Å². The first-order valence-corrected chi connectivity index (χ1v) is 15.0. The quantitative estimate of drug-likeness (QED) is 0.338. The van der Waals surface area contributed by atoms with Crippen LogP contribution in [0.25, 0.3) is 0 Å². The van der Waals surface area contributed by atoms with Crippen molar-refractivity contribution in [3.8, 4) is 0 Å². The fourth-order valence-corrected chi connectivity index (χ4v) is 10.4. The van der Waals surface area contributed by atoms with Crippen LogP contribution in [0, 0.1) is 50.2 Å². The molecule has 0 bridgehead atoms. The van der Waals surface area contributed by atoms with Crippen LogP contribution in [-0.2, 0) is 14.4 Å². The molecular weight excluding hydrogens is 500 g/mol. The van der Waals surface area contributed by atoms with Crippen molar-refractivity contribution in [1.82, 2.24) is 0 Å². The van der Waals surface area contributed by atoms with E-state index in [1.54, 1.807) is 0 Å². The fourth-order valence-electron chi connectivity index (χ4n) is 10.4. The molecule has 9 atom stereocenters. The SMILES string of the molecule is CC(=O)Cl.CC1(C)[C@@H](O)CC[C@]2(C)[C@H]3C(=O)C=C4[C@@H]5C[C@@](C)(C(=O)O)CC[C@]5(C)CC[C@@]4(C)[C@]3(C)CC[C@@H]12. The maximum Gasteiger partial charge on any atom is 0.309 e. The van der Waals surface area contributed by atoms with Gasteiger partial charge in [-0.1, -0.05) is 47.1 Å². The average molecular weight is 549 g/mol. The van der Waals surface area contributed by atoms with Crippen LogP contribution in [0.5, 0.6) is 0 Å². The molecule has 0 spiro atoms. The molecule has 0 heterocycles. The van der Waals surface area contributed by atoms with Crippen LogP contribution in [0.3, 0.4) is 0 Å². The van der Waals surface area contributed by atoms with Crippen LogP contribution in [0.4, 0.5) is 0 Å². The minimum absolute atomic E-state index is 0.0296. The normalized spacial score (nSPS) is 49.1. The maximum atomic E-state index is 14.2. The van der Waals surface area contributed by atoms with E-state index in [4.69, 9.17) is 0 Å². The molecule has 38 heavy (non-hydrogen) atoms. The number of fused-ring (bicyclic) bond motifs is 7. The highest BCUT2D eigenvalue weighted by molar-refractivity contribution is 6.62. The topological polar surface area (TPSA) is 91.7 Å². The van der Waals surface area contributed by atoms with Gasteiger partial charge < -0.3 is 10.2 Å². The van der Waals surface area contributed by atoms with Crippen molar-refractivity contribution in [3.63, 3.8) is 0 Å². The number of aliphatic hydroxyl groups excluding tert-OH is 1. The summed E-state index contributed by atoms with van der Waals surface area (Å²) in [6.45, 7) is 17.1. The molecule has 0 aromatic rings. The van der Waals surface area contributed by atoms with E-state index >= 15 is 0 Å². The summed E-state index contributed by atoms with van der Waals surface area (Å²) in [5.74, 6) is 0.0603. The molecular formula is C32H49ClO5. The van der Waals surface area contributed by atoms with E-state index in [9.17, 15) is 24.6 Å². The van der Waals surface area contributed by atoms with Crippen molar-refractivity contribution < 1.29 is 24.6 Å². The third-order valence-electron chi connectivity index (χ3n) is 13.1. The predicted molar refractivity (Wildman–Crippen MR) is 150 cm³/mol. The van der Waals surface area contributed by atoms with Gasteiger partial charge in [0.1, 0.15) is 0 Å². The standard InChI is InChI=1S/C30H46O4.C2H3ClO/c1-25(2)21-8-11-30(7)23(28(21,5)10-9-22(25)32)20(31)16-18-19-17-27(4,24(33)34)13-12-26(19,3)14-15-29(18,30)6;1-2(3)4/h16,19,21-23,32H,8-15,17H2,1-7H3,(H,33,34);1H3/t19-,21-,22-,23+,26+,27-,28-,29+,30+;/m0./s1. The van der Waals surface area contributed by atoms with Gasteiger partial charge >= 0.3 is 5.97 Å².